The summed E-state index contributed by atoms with van der Waals surface area (Å²) < 4.78 is 49.1. The van der Waals surface area contributed by atoms with Gasteiger partial charge in [-0.1, -0.05) is 0 Å². The number of nitrogens with zero attached hydrogens (tertiary/aromatic N) is 1. The number of rotatable bonds is 8. The van der Waals surface area contributed by atoms with E-state index in [1.807, 2.05) is 4.90 Å². The third-order valence-electron chi connectivity index (χ3n) is 5.84. The Bertz CT molecular complexity index is 803. The van der Waals surface area contributed by atoms with E-state index in [1.165, 1.54) is 12.1 Å². The summed E-state index contributed by atoms with van der Waals surface area (Å²) in [5.41, 5.74) is -0.587. The number of alkyl halides is 3. The van der Waals surface area contributed by atoms with Crippen LogP contribution in [-0.2, 0) is 20.4 Å². The van der Waals surface area contributed by atoms with Crippen LogP contribution in [0.15, 0.2) is 24.3 Å². The second kappa shape index (κ2) is 12.3. The van der Waals surface area contributed by atoms with Gasteiger partial charge in [-0.05, 0) is 43.5 Å². The molecule has 190 valence electrons. The van der Waals surface area contributed by atoms with Gasteiger partial charge in [-0.2, -0.15) is 13.2 Å². The van der Waals surface area contributed by atoms with E-state index < -0.39 is 29.9 Å². The summed E-state index contributed by atoms with van der Waals surface area (Å²) in [4.78, 5) is 26.4. The van der Waals surface area contributed by atoms with E-state index >= 15 is 0 Å². The molecule has 3 rings (SSSR count). The number of carbonyl (C=O) groups is 2. The second-order valence-electron chi connectivity index (χ2n) is 8.36. The number of aliphatic hydroxyl groups is 1. The smallest absolute Gasteiger partial charge is 0.394 e. The molecule has 4 N–H and O–H groups in total. The number of halogens is 3. The Morgan fingerprint density at radius 3 is 2.47 bits per heavy atom. The SMILES string of the molecule is O=C(CN1CCOCC1)NCC[C@H]1CC[C@@H](NC(=O)Nc2ccc(C(F)(F)F)cc2)[C@@H](CO)O1. The van der Waals surface area contributed by atoms with E-state index in [1.54, 1.807) is 0 Å². The lowest BCUT2D eigenvalue weighted by Crippen LogP contribution is -2.52. The molecule has 1 aromatic rings. The molecule has 2 saturated heterocycles. The summed E-state index contributed by atoms with van der Waals surface area (Å²) in [6, 6.07) is 3.08. The Morgan fingerprint density at radius 2 is 1.82 bits per heavy atom. The van der Waals surface area contributed by atoms with Crippen LogP contribution in [0, 0.1) is 0 Å². The van der Waals surface area contributed by atoms with E-state index in [2.05, 4.69) is 16.0 Å². The van der Waals surface area contributed by atoms with Crippen LogP contribution in [0.3, 0.4) is 0 Å². The molecule has 0 aromatic heterocycles. The van der Waals surface area contributed by atoms with Gasteiger partial charge >= 0.3 is 12.2 Å². The fourth-order valence-corrected chi connectivity index (χ4v) is 3.98. The van der Waals surface area contributed by atoms with Crippen molar-refractivity contribution in [2.24, 2.45) is 0 Å². The van der Waals surface area contributed by atoms with Crippen LogP contribution in [0.25, 0.3) is 0 Å². The van der Waals surface area contributed by atoms with Gasteiger partial charge in [-0.3, -0.25) is 9.69 Å². The molecule has 12 heteroatoms. The molecule has 2 aliphatic rings. The number of hydrogen-bond donors (Lipinski definition) is 4. The molecule has 2 fully saturated rings. The summed E-state index contributed by atoms with van der Waals surface area (Å²) >= 11 is 0. The summed E-state index contributed by atoms with van der Waals surface area (Å²) in [5, 5.41) is 17.8. The fourth-order valence-electron chi connectivity index (χ4n) is 3.98. The lowest BCUT2D eigenvalue weighted by Gasteiger charge is -2.36. The third kappa shape index (κ3) is 8.12. The molecule has 9 nitrogen and oxygen atoms in total. The summed E-state index contributed by atoms with van der Waals surface area (Å²) in [6.45, 7) is 3.20. The van der Waals surface area contributed by atoms with Gasteiger partial charge < -0.3 is 30.5 Å². The van der Waals surface area contributed by atoms with Crippen LogP contribution >= 0.6 is 0 Å². The molecule has 0 radical (unpaired) electrons. The zero-order chi connectivity index (χ0) is 24.6. The number of hydrogen-bond acceptors (Lipinski definition) is 6. The van der Waals surface area contributed by atoms with Crippen molar-refractivity contribution in [2.75, 3.05) is 51.3 Å². The predicted octanol–water partition coefficient (Wildman–Crippen LogP) is 1.57. The Hall–Kier alpha value is -2.41. The van der Waals surface area contributed by atoms with Gasteiger partial charge in [-0.25, -0.2) is 4.79 Å². The maximum atomic E-state index is 12.7. The Morgan fingerprint density at radius 1 is 1.12 bits per heavy atom. The molecule has 0 bridgehead atoms. The number of benzene rings is 1. The van der Waals surface area contributed by atoms with Gasteiger partial charge in [0.25, 0.3) is 0 Å². The van der Waals surface area contributed by atoms with Crippen molar-refractivity contribution >= 4 is 17.6 Å². The first-order chi connectivity index (χ1) is 16.2. The van der Waals surface area contributed by atoms with Crippen molar-refractivity contribution in [2.45, 2.75) is 43.7 Å². The lowest BCUT2D eigenvalue weighted by molar-refractivity contribution is -0.137. The highest BCUT2D eigenvalue weighted by Crippen LogP contribution is 2.29. The first-order valence-electron chi connectivity index (χ1n) is 11.3. The van der Waals surface area contributed by atoms with E-state index in [0.717, 1.165) is 25.2 Å². The molecular weight excluding hydrogens is 457 g/mol. The number of anilines is 1. The van der Waals surface area contributed by atoms with Crippen LogP contribution in [0.5, 0.6) is 0 Å². The molecule has 2 aliphatic heterocycles. The van der Waals surface area contributed by atoms with Gasteiger partial charge in [0.05, 0.1) is 44.1 Å². The van der Waals surface area contributed by atoms with E-state index in [-0.39, 0.29) is 24.3 Å². The van der Waals surface area contributed by atoms with Crippen LogP contribution in [0.4, 0.5) is 23.7 Å². The molecule has 1 aromatic carbocycles. The topological polar surface area (TPSA) is 112 Å². The Labute approximate surface area is 196 Å². The van der Waals surface area contributed by atoms with E-state index in [4.69, 9.17) is 9.47 Å². The molecular formula is C22H31F3N4O5. The van der Waals surface area contributed by atoms with Crippen LogP contribution in [-0.4, -0.2) is 86.2 Å². The van der Waals surface area contributed by atoms with E-state index in [9.17, 15) is 27.9 Å². The average molecular weight is 489 g/mol. The number of amides is 3. The normalized spacial score (nSPS) is 23.8. The minimum absolute atomic E-state index is 0.0594. The Balaban J connectivity index is 1.38. The standard InChI is InChI=1S/C22H31F3N4O5/c23-22(24,25)15-1-3-16(4-2-15)27-21(32)28-18-6-5-17(34-19(18)14-30)7-8-26-20(31)13-29-9-11-33-12-10-29/h1-4,17-19,30H,5-14H2,(H,26,31)(H2,27,28,32)/t17-,18-,19-/m1/s1. The maximum Gasteiger partial charge on any atom is 0.416 e. The second-order valence-corrected chi connectivity index (χ2v) is 8.36. The zero-order valence-electron chi connectivity index (χ0n) is 18.8. The first kappa shape index (κ1) is 26.2. The van der Waals surface area contributed by atoms with Gasteiger partial charge in [-0.15, -0.1) is 0 Å². The van der Waals surface area contributed by atoms with E-state index in [0.29, 0.717) is 45.6 Å². The van der Waals surface area contributed by atoms with Crippen LogP contribution in [0.2, 0.25) is 0 Å². The highest BCUT2D eigenvalue weighted by atomic mass is 19.4. The predicted molar refractivity (Wildman–Crippen MR) is 117 cm³/mol. The monoisotopic (exact) mass is 488 g/mol. The van der Waals surface area contributed by atoms with Crippen molar-refractivity contribution in [3.05, 3.63) is 29.8 Å². The highest BCUT2D eigenvalue weighted by molar-refractivity contribution is 5.89. The molecule has 3 amide bonds. The van der Waals surface area contributed by atoms with Crippen LogP contribution < -0.4 is 16.0 Å². The fraction of sp³-hybridized carbons (Fsp3) is 0.636. The van der Waals surface area contributed by atoms with Crippen molar-refractivity contribution in [1.82, 2.24) is 15.5 Å². The van der Waals surface area contributed by atoms with Crippen LogP contribution in [0.1, 0.15) is 24.8 Å². The number of aliphatic hydroxyl groups excluding tert-OH is 1. The van der Waals surface area contributed by atoms with Gasteiger partial charge in [0.1, 0.15) is 6.10 Å². The molecule has 0 saturated carbocycles. The van der Waals surface area contributed by atoms with Crippen molar-refractivity contribution in [3.8, 4) is 0 Å². The lowest BCUT2D eigenvalue weighted by atomic mass is 9.97. The summed E-state index contributed by atoms with van der Waals surface area (Å²) in [6.07, 6.45) is -3.48. The van der Waals surface area contributed by atoms with Crippen molar-refractivity contribution < 1.29 is 37.3 Å². The third-order valence-corrected chi connectivity index (χ3v) is 5.84. The summed E-state index contributed by atoms with van der Waals surface area (Å²) in [5.74, 6) is -0.0594. The van der Waals surface area contributed by atoms with Crippen molar-refractivity contribution in [3.63, 3.8) is 0 Å². The quantitative estimate of drug-likeness (QED) is 0.442. The average Bonchev–Trinajstić information content (AvgIpc) is 2.80. The molecule has 0 aliphatic carbocycles. The number of urea groups is 1. The largest absolute Gasteiger partial charge is 0.416 e. The molecule has 34 heavy (non-hydrogen) atoms. The summed E-state index contributed by atoms with van der Waals surface area (Å²) in [7, 11) is 0. The number of carbonyl (C=O) groups excluding carboxylic acids is 2. The maximum absolute atomic E-state index is 12.7. The Kier molecular flexibility index (Phi) is 9.51. The minimum Gasteiger partial charge on any atom is -0.394 e. The van der Waals surface area contributed by atoms with Gasteiger partial charge in [0, 0.05) is 25.3 Å². The number of ether oxygens (including phenoxy) is 2. The van der Waals surface area contributed by atoms with Gasteiger partial charge in [0.2, 0.25) is 5.91 Å². The minimum atomic E-state index is -4.45. The zero-order valence-corrected chi connectivity index (χ0v) is 18.8. The van der Waals surface area contributed by atoms with Gasteiger partial charge in [0.15, 0.2) is 0 Å². The molecule has 0 spiro atoms. The number of morpholine rings is 1. The van der Waals surface area contributed by atoms with Crippen molar-refractivity contribution in [1.29, 1.82) is 0 Å². The number of nitrogens with one attached hydrogen (secondary N) is 3. The first-order valence-corrected chi connectivity index (χ1v) is 11.3. The highest BCUT2D eigenvalue weighted by Gasteiger charge is 2.32. The molecule has 3 atom stereocenters. The molecule has 2 heterocycles. The molecule has 0 unspecified atom stereocenters.